The van der Waals surface area contributed by atoms with Gasteiger partial charge in [0.2, 0.25) is 0 Å². The lowest BCUT2D eigenvalue weighted by atomic mass is 9.87. The molecule has 0 heterocycles. The van der Waals surface area contributed by atoms with Crippen LogP contribution in [0.5, 0.6) is 0 Å². The second-order valence-corrected chi connectivity index (χ2v) is 5.46. The minimum atomic E-state index is -0.0629. The molecule has 14 heavy (non-hydrogen) atoms. The Morgan fingerprint density at radius 1 is 1.21 bits per heavy atom. The molecule has 1 aliphatic rings. The molecule has 0 radical (unpaired) electrons. The monoisotopic (exact) mass is 198 g/mol. The summed E-state index contributed by atoms with van der Waals surface area (Å²) in [6, 6.07) is 0. The Morgan fingerprint density at radius 3 is 2.43 bits per heavy atom. The molecule has 2 heteroatoms. The molecule has 0 aromatic rings. The number of nitrogens with one attached hydrogen (secondary N) is 1. The van der Waals surface area contributed by atoms with Gasteiger partial charge >= 0.3 is 0 Å². The Morgan fingerprint density at radius 2 is 1.86 bits per heavy atom. The van der Waals surface area contributed by atoms with Crippen LogP contribution in [0.2, 0.25) is 0 Å². The highest BCUT2D eigenvalue weighted by Crippen LogP contribution is 2.25. The van der Waals surface area contributed by atoms with Gasteiger partial charge in [-0.3, -0.25) is 0 Å². The lowest BCUT2D eigenvalue weighted by Gasteiger charge is -2.23. The van der Waals surface area contributed by atoms with Gasteiger partial charge in [-0.05, 0) is 32.7 Å². The van der Waals surface area contributed by atoms with Crippen molar-refractivity contribution < 1.29 is 0 Å². The van der Waals surface area contributed by atoms with E-state index in [2.05, 4.69) is 19.2 Å². The summed E-state index contributed by atoms with van der Waals surface area (Å²) in [5.41, 5.74) is 5.83. The van der Waals surface area contributed by atoms with Crippen molar-refractivity contribution in [1.82, 2.24) is 5.32 Å². The van der Waals surface area contributed by atoms with Gasteiger partial charge in [0.1, 0.15) is 0 Å². The van der Waals surface area contributed by atoms with E-state index in [0.717, 1.165) is 19.0 Å². The highest BCUT2D eigenvalue weighted by molar-refractivity contribution is 4.75. The molecule has 0 unspecified atom stereocenters. The maximum absolute atomic E-state index is 5.89. The van der Waals surface area contributed by atoms with Gasteiger partial charge in [-0.2, -0.15) is 0 Å². The molecule has 1 fully saturated rings. The van der Waals surface area contributed by atoms with Crippen molar-refractivity contribution >= 4 is 0 Å². The highest BCUT2D eigenvalue weighted by atomic mass is 14.9. The fraction of sp³-hybridized carbons (Fsp3) is 1.00. The van der Waals surface area contributed by atoms with Gasteiger partial charge in [0.15, 0.2) is 0 Å². The first kappa shape index (κ1) is 12.0. The summed E-state index contributed by atoms with van der Waals surface area (Å²) in [4.78, 5) is 0. The first-order chi connectivity index (χ1) is 6.58. The third kappa shape index (κ3) is 5.61. The summed E-state index contributed by atoms with van der Waals surface area (Å²) < 4.78 is 0. The quantitative estimate of drug-likeness (QED) is 0.665. The van der Waals surface area contributed by atoms with Crippen LogP contribution in [0.25, 0.3) is 0 Å². The van der Waals surface area contributed by atoms with E-state index >= 15 is 0 Å². The van der Waals surface area contributed by atoms with Crippen molar-refractivity contribution in [1.29, 1.82) is 0 Å². The SMILES string of the molecule is CC(C)(N)CNCCC1CCCCC1. The number of nitrogens with two attached hydrogens (primary N) is 1. The van der Waals surface area contributed by atoms with Gasteiger partial charge in [-0.1, -0.05) is 32.1 Å². The van der Waals surface area contributed by atoms with Crippen LogP contribution in [-0.2, 0) is 0 Å². The maximum Gasteiger partial charge on any atom is 0.0223 e. The fourth-order valence-electron chi connectivity index (χ4n) is 2.19. The fourth-order valence-corrected chi connectivity index (χ4v) is 2.19. The zero-order valence-electron chi connectivity index (χ0n) is 9.81. The van der Waals surface area contributed by atoms with E-state index in [4.69, 9.17) is 5.73 Å². The van der Waals surface area contributed by atoms with Crippen LogP contribution in [-0.4, -0.2) is 18.6 Å². The van der Waals surface area contributed by atoms with Crippen molar-refractivity contribution in [2.24, 2.45) is 11.7 Å². The van der Waals surface area contributed by atoms with Crippen LogP contribution >= 0.6 is 0 Å². The lowest BCUT2D eigenvalue weighted by Crippen LogP contribution is -2.43. The van der Waals surface area contributed by atoms with Crippen LogP contribution in [0.4, 0.5) is 0 Å². The summed E-state index contributed by atoms with van der Waals surface area (Å²) in [6.45, 7) is 6.21. The Hall–Kier alpha value is -0.0800. The third-order valence-electron chi connectivity index (χ3n) is 3.03. The molecule has 0 atom stereocenters. The summed E-state index contributed by atoms with van der Waals surface area (Å²) in [5.74, 6) is 0.983. The smallest absolute Gasteiger partial charge is 0.0223 e. The van der Waals surface area contributed by atoms with Crippen molar-refractivity contribution in [3.05, 3.63) is 0 Å². The largest absolute Gasteiger partial charge is 0.324 e. The Kier molecular flexibility index (Phi) is 4.90. The van der Waals surface area contributed by atoms with Crippen LogP contribution in [0.3, 0.4) is 0 Å². The van der Waals surface area contributed by atoms with Crippen molar-refractivity contribution in [2.45, 2.75) is 57.9 Å². The van der Waals surface area contributed by atoms with Gasteiger partial charge in [0.25, 0.3) is 0 Å². The van der Waals surface area contributed by atoms with Crippen LogP contribution in [0.15, 0.2) is 0 Å². The molecule has 1 saturated carbocycles. The highest BCUT2D eigenvalue weighted by Gasteiger charge is 2.13. The minimum absolute atomic E-state index is 0.0629. The molecule has 0 aromatic heterocycles. The summed E-state index contributed by atoms with van der Waals surface area (Å²) in [7, 11) is 0. The van der Waals surface area contributed by atoms with Crippen molar-refractivity contribution in [3.8, 4) is 0 Å². The van der Waals surface area contributed by atoms with Crippen molar-refractivity contribution in [3.63, 3.8) is 0 Å². The summed E-state index contributed by atoms with van der Waals surface area (Å²) in [5, 5.41) is 3.45. The molecule has 2 nitrogen and oxygen atoms in total. The Balaban J connectivity index is 1.97. The van der Waals surface area contributed by atoms with E-state index in [1.54, 1.807) is 0 Å². The van der Waals surface area contributed by atoms with Gasteiger partial charge in [-0.25, -0.2) is 0 Å². The molecule has 0 bridgehead atoms. The standard InChI is InChI=1S/C12H26N2/c1-12(2,13)10-14-9-8-11-6-4-3-5-7-11/h11,14H,3-10,13H2,1-2H3. The summed E-state index contributed by atoms with van der Waals surface area (Å²) >= 11 is 0. The van der Waals surface area contributed by atoms with Gasteiger partial charge in [0, 0.05) is 12.1 Å². The predicted molar refractivity (Wildman–Crippen MR) is 62.3 cm³/mol. The minimum Gasteiger partial charge on any atom is -0.324 e. The van der Waals surface area contributed by atoms with E-state index in [-0.39, 0.29) is 5.54 Å². The number of hydrogen-bond donors (Lipinski definition) is 2. The molecule has 0 aliphatic heterocycles. The molecule has 1 aliphatic carbocycles. The molecule has 0 spiro atoms. The summed E-state index contributed by atoms with van der Waals surface area (Å²) in [6.07, 6.45) is 8.61. The Bertz CT molecular complexity index is 143. The van der Waals surface area contributed by atoms with Gasteiger partial charge in [0.05, 0.1) is 0 Å². The molecule has 1 rings (SSSR count). The first-order valence-electron chi connectivity index (χ1n) is 6.07. The zero-order chi connectivity index (χ0) is 10.4. The van der Waals surface area contributed by atoms with Gasteiger partial charge in [-0.15, -0.1) is 0 Å². The molecular weight excluding hydrogens is 172 g/mol. The topological polar surface area (TPSA) is 38.0 Å². The third-order valence-corrected chi connectivity index (χ3v) is 3.03. The van der Waals surface area contributed by atoms with E-state index < -0.39 is 0 Å². The van der Waals surface area contributed by atoms with Crippen LogP contribution in [0, 0.1) is 5.92 Å². The molecule has 3 N–H and O–H groups in total. The Labute approximate surface area is 88.6 Å². The average molecular weight is 198 g/mol. The van der Waals surface area contributed by atoms with E-state index in [1.807, 2.05) is 0 Å². The zero-order valence-corrected chi connectivity index (χ0v) is 9.81. The molecule has 84 valence electrons. The van der Waals surface area contributed by atoms with E-state index in [1.165, 1.54) is 38.5 Å². The first-order valence-corrected chi connectivity index (χ1v) is 6.07. The molecule has 0 saturated heterocycles. The normalized spacial score (nSPS) is 19.9. The van der Waals surface area contributed by atoms with Gasteiger partial charge < -0.3 is 11.1 Å². The van der Waals surface area contributed by atoms with E-state index in [9.17, 15) is 0 Å². The molecule has 0 aromatic carbocycles. The predicted octanol–water partition coefficient (Wildman–Crippen LogP) is 2.28. The molecular formula is C12H26N2. The second-order valence-electron chi connectivity index (χ2n) is 5.46. The second kappa shape index (κ2) is 5.72. The number of hydrogen-bond acceptors (Lipinski definition) is 2. The number of rotatable bonds is 5. The van der Waals surface area contributed by atoms with Crippen LogP contribution in [0.1, 0.15) is 52.4 Å². The maximum atomic E-state index is 5.89. The van der Waals surface area contributed by atoms with E-state index in [0.29, 0.717) is 0 Å². The van der Waals surface area contributed by atoms with Crippen molar-refractivity contribution in [2.75, 3.05) is 13.1 Å². The van der Waals surface area contributed by atoms with Crippen LogP contribution < -0.4 is 11.1 Å². The lowest BCUT2D eigenvalue weighted by molar-refractivity contribution is 0.329. The molecule has 0 amide bonds. The average Bonchev–Trinajstić information content (AvgIpc) is 2.13.